The summed E-state index contributed by atoms with van der Waals surface area (Å²) in [4.78, 5) is 8.42. The fraction of sp³-hybridized carbons (Fsp3) is 0.692. The van der Waals surface area contributed by atoms with E-state index >= 15 is 0 Å². The summed E-state index contributed by atoms with van der Waals surface area (Å²) in [5.74, 6) is 0.286. The molecule has 4 rings (SSSR count). The van der Waals surface area contributed by atoms with Crippen LogP contribution in [0.4, 0.5) is 5.82 Å². The number of hydrogen-bond donors (Lipinski definition) is 2. The number of nitrogens with zero attached hydrogens (tertiary/aromatic N) is 3. The average molecular weight is 293 g/mol. The highest BCUT2D eigenvalue weighted by Gasteiger charge is 2.46. The molecule has 4 heterocycles. The first-order valence-corrected chi connectivity index (χ1v) is 7.11. The van der Waals surface area contributed by atoms with Crippen LogP contribution in [-0.4, -0.2) is 40.5 Å². The van der Waals surface area contributed by atoms with E-state index in [1.807, 2.05) is 18.4 Å². The number of imidazole rings is 1. The van der Waals surface area contributed by atoms with Crippen LogP contribution in [0.25, 0.3) is 0 Å². The Kier molecular flexibility index (Phi) is 2.83. The molecule has 2 fully saturated rings. The molecule has 4 atom stereocenters. The molecular formula is C13H19N5O3. The molecule has 0 aromatic carbocycles. The van der Waals surface area contributed by atoms with Crippen LogP contribution in [-0.2, 0) is 14.2 Å². The highest BCUT2D eigenvalue weighted by atomic mass is 16.8. The summed E-state index contributed by atoms with van der Waals surface area (Å²) >= 11 is 0. The van der Waals surface area contributed by atoms with Crippen LogP contribution in [0.2, 0.25) is 0 Å². The van der Waals surface area contributed by atoms with E-state index in [1.165, 1.54) is 0 Å². The van der Waals surface area contributed by atoms with Gasteiger partial charge in [-0.15, -0.1) is 0 Å². The second-order valence-electron chi connectivity index (χ2n) is 5.99. The molecule has 114 valence electrons. The van der Waals surface area contributed by atoms with Crippen molar-refractivity contribution in [3.05, 3.63) is 12.0 Å². The van der Waals surface area contributed by atoms with Gasteiger partial charge >= 0.3 is 0 Å². The Morgan fingerprint density at radius 3 is 3.05 bits per heavy atom. The molecule has 3 N–H and O–H groups in total. The first kappa shape index (κ1) is 13.2. The number of aliphatic imine (C=N–C) groups is 1. The summed E-state index contributed by atoms with van der Waals surface area (Å²) in [5.41, 5.74) is 6.64. The van der Waals surface area contributed by atoms with Gasteiger partial charge in [-0.1, -0.05) is 0 Å². The number of rotatable bonds is 1. The third kappa shape index (κ3) is 2.15. The third-order valence-electron chi connectivity index (χ3n) is 4.02. The Morgan fingerprint density at radius 1 is 1.38 bits per heavy atom. The lowest BCUT2D eigenvalue weighted by Gasteiger charge is -2.31. The number of nitrogens with one attached hydrogen (secondary N) is 1. The highest BCUT2D eigenvalue weighted by Crippen LogP contribution is 2.38. The maximum absolute atomic E-state index is 5.94. The van der Waals surface area contributed by atoms with Gasteiger partial charge in [0.1, 0.15) is 30.0 Å². The van der Waals surface area contributed by atoms with Gasteiger partial charge in [0, 0.05) is 6.42 Å². The maximum Gasteiger partial charge on any atom is 0.163 e. The Morgan fingerprint density at radius 2 is 2.19 bits per heavy atom. The number of fused-ring (bicyclic) bond motifs is 2. The van der Waals surface area contributed by atoms with Crippen molar-refractivity contribution in [1.29, 1.82) is 0 Å². The zero-order valence-corrected chi connectivity index (χ0v) is 12.0. The van der Waals surface area contributed by atoms with Crippen molar-refractivity contribution in [3.8, 4) is 0 Å². The van der Waals surface area contributed by atoms with Gasteiger partial charge in [0.05, 0.1) is 25.4 Å². The van der Waals surface area contributed by atoms with E-state index in [2.05, 4.69) is 15.3 Å². The molecule has 0 bridgehead atoms. The van der Waals surface area contributed by atoms with Crippen LogP contribution < -0.4 is 11.1 Å². The van der Waals surface area contributed by atoms with Gasteiger partial charge in [-0.05, 0) is 13.8 Å². The SMILES string of the molecule is CC1(C)OC2COC(n3cnc4c3NC=NC4N)CC2O1. The number of aromatic nitrogens is 2. The Hall–Kier alpha value is -1.48. The zero-order valence-electron chi connectivity index (χ0n) is 12.0. The van der Waals surface area contributed by atoms with E-state index in [-0.39, 0.29) is 18.4 Å². The first-order valence-electron chi connectivity index (χ1n) is 7.11. The van der Waals surface area contributed by atoms with E-state index < -0.39 is 12.0 Å². The zero-order chi connectivity index (χ0) is 14.6. The average Bonchev–Trinajstić information content (AvgIpc) is 2.97. The fourth-order valence-corrected chi connectivity index (χ4v) is 3.12. The summed E-state index contributed by atoms with van der Waals surface area (Å²) in [5, 5.41) is 3.09. The molecular weight excluding hydrogens is 274 g/mol. The van der Waals surface area contributed by atoms with Gasteiger partial charge in [0.2, 0.25) is 0 Å². The van der Waals surface area contributed by atoms with Crippen LogP contribution in [0.3, 0.4) is 0 Å². The summed E-state index contributed by atoms with van der Waals surface area (Å²) in [6.45, 7) is 4.36. The lowest BCUT2D eigenvalue weighted by Crippen LogP contribution is -2.37. The standard InChI is InChI=1S/C13H19N5O3/c1-13(2)20-7-3-9(19-4-8(7)21-13)18-6-17-10-11(14)15-5-16-12(10)18/h5-9,11H,3-4,14H2,1-2H3,(H,15,16). The van der Waals surface area contributed by atoms with Crippen LogP contribution in [0.5, 0.6) is 0 Å². The van der Waals surface area contributed by atoms with Crippen LogP contribution in [0.1, 0.15) is 38.4 Å². The van der Waals surface area contributed by atoms with Gasteiger partial charge in [-0.25, -0.2) is 4.98 Å². The van der Waals surface area contributed by atoms with Crippen molar-refractivity contribution in [1.82, 2.24) is 9.55 Å². The van der Waals surface area contributed by atoms with E-state index in [0.717, 1.165) is 11.5 Å². The second-order valence-corrected chi connectivity index (χ2v) is 5.99. The Bertz CT molecular complexity index is 584. The molecule has 2 saturated heterocycles. The molecule has 0 aliphatic carbocycles. The van der Waals surface area contributed by atoms with Crippen LogP contribution in [0, 0.1) is 0 Å². The molecule has 1 aromatic heterocycles. The molecule has 1 aromatic rings. The molecule has 3 aliphatic heterocycles. The van der Waals surface area contributed by atoms with Crippen molar-refractivity contribution in [3.63, 3.8) is 0 Å². The predicted octanol–water partition coefficient (Wildman–Crippen LogP) is 0.733. The second kappa shape index (κ2) is 4.51. The lowest BCUT2D eigenvalue weighted by atomic mass is 10.1. The molecule has 0 saturated carbocycles. The minimum atomic E-state index is -0.546. The molecule has 21 heavy (non-hydrogen) atoms. The van der Waals surface area contributed by atoms with Crippen LogP contribution in [0.15, 0.2) is 11.3 Å². The Labute approximate surface area is 122 Å². The summed E-state index contributed by atoms with van der Waals surface area (Å²) < 4.78 is 19.6. The van der Waals surface area contributed by atoms with Gasteiger partial charge in [0.25, 0.3) is 0 Å². The van der Waals surface area contributed by atoms with Gasteiger partial charge in [-0.2, -0.15) is 0 Å². The summed E-state index contributed by atoms with van der Waals surface area (Å²) in [6.07, 6.45) is 3.49. The molecule has 0 amide bonds. The number of nitrogens with two attached hydrogens (primary N) is 1. The third-order valence-corrected chi connectivity index (χ3v) is 4.02. The van der Waals surface area contributed by atoms with Gasteiger partial charge in [0.15, 0.2) is 5.79 Å². The summed E-state index contributed by atoms with van der Waals surface area (Å²) in [6, 6.07) is 0. The van der Waals surface area contributed by atoms with Crippen LogP contribution >= 0.6 is 0 Å². The van der Waals surface area contributed by atoms with Gasteiger partial charge < -0.3 is 25.3 Å². The molecule has 4 unspecified atom stereocenters. The topological polar surface area (TPSA) is 95.9 Å². The minimum absolute atomic E-state index is 0.00706. The number of anilines is 1. The van der Waals surface area contributed by atoms with Crippen molar-refractivity contribution in [2.45, 2.75) is 50.7 Å². The maximum atomic E-state index is 5.94. The van der Waals surface area contributed by atoms with Crippen molar-refractivity contribution >= 4 is 12.2 Å². The minimum Gasteiger partial charge on any atom is -0.355 e. The molecule has 3 aliphatic rings. The number of ether oxygens (including phenoxy) is 3. The van der Waals surface area contributed by atoms with Crippen molar-refractivity contribution in [2.75, 3.05) is 11.9 Å². The monoisotopic (exact) mass is 293 g/mol. The summed E-state index contributed by atoms with van der Waals surface area (Å²) in [7, 11) is 0. The smallest absolute Gasteiger partial charge is 0.163 e. The van der Waals surface area contributed by atoms with E-state index in [9.17, 15) is 0 Å². The molecule has 8 nitrogen and oxygen atoms in total. The lowest BCUT2D eigenvalue weighted by molar-refractivity contribution is -0.146. The molecule has 8 heteroatoms. The molecule has 0 spiro atoms. The quantitative estimate of drug-likeness (QED) is 0.792. The van der Waals surface area contributed by atoms with Gasteiger partial charge in [-0.3, -0.25) is 9.56 Å². The Balaban J connectivity index is 1.57. The van der Waals surface area contributed by atoms with Crippen molar-refractivity contribution in [2.24, 2.45) is 10.7 Å². The highest BCUT2D eigenvalue weighted by molar-refractivity contribution is 5.77. The largest absolute Gasteiger partial charge is 0.355 e. The normalized spacial score (nSPS) is 36.9. The van der Waals surface area contributed by atoms with E-state index in [0.29, 0.717) is 13.0 Å². The predicted molar refractivity (Wildman–Crippen MR) is 74.7 cm³/mol. The van der Waals surface area contributed by atoms with Crippen molar-refractivity contribution < 1.29 is 14.2 Å². The first-order chi connectivity index (χ1) is 10.0. The van der Waals surface area contributed by atoms with E-state index in [4.69, 9.17) is 19.9 Å². The molecule has 0 radical (unpaired) electrons. The van der Waals surface area contributed by atoms with E-state index in [1.54, 1.807) is 12.7 Å². The number of hydrogen-bond acceptors (Lipinski definition) is 7. The fourth-order valence-electron chi connectivity index (χ4n) is 3.12.